The summed E-state index contributed by atoms with van der Waals surface area (Å²) in [6.45, 7) is 4.59. The highest BCUT2D eigenvalue weighted by atomic mass is 16.6. The molecule has 4 rings (SSSR count). The minimum absolute atomic E-state index is 0.0973. The van der Waals surface area contributed by atoms with Crippen molar-refractivity contribution in [3.63, 3.8) is 0 Å². The van der Waals surface area contributed by atoms with Crippen LogP contribution in [-0.2, 0) is 11.2 Å². The van der Waals surface area contributed by atoms with Crippen molar-refractivity contribution in [2.24, 2.45) is 11.8 Å². The molecule has 3 aliphatic rings. The average molecular weight is 358 g/mol. The summed E-state index contributed by atoms with van der Waals surface area (Å²) in [7, 11) is 1.59. The number of methoxy groups -OCH3 is 1. The number of hydrogen-bond acceptors (Lipinski definition) is 4. The van der Waals surface area contributed by atoms with Crippen LogP contribution < -0.4 is 10.2 Å². The van der Waals surface area contributed by atoms with Crippen molar-refractivity contribution in [1.29, 1.82) is 0 Å². The van der Waals surface area contributed by atoms with E-state index in [0.29, 0.717) is 35.2 Å². The summed E-state index contributed by atoms with van der Waals surface area (Å²) in [6, 6.07) is 0. The molecule has 3 unspecified atom stereocenters. The van der Waals surface area contributed by atoms with Crippen LogP contribution in [0.4, 0.5) is 0 Å². The van der Waals surface area contributed by atoms with Crippen molar-refractivity contribution in [2.45, 2.75) is 71.3 Å². The maximum absolute atomic E-state index is 12.9. The quantitative estimate of drug-likeness (QED) is 0.747. The first kappa shape index (κ1) is 17.8. The summed E-state index contributed by atoms with van der Waals surface area (Å²) in [6.07, 6.45) is 9.43. The van der Waals surface area contributed by atoms with Gasteiger partial charge in [0, 0.05) is 12.2 Å². The van der Waals surface area contributed by atoms with Crippen molar-refractivity contribution in [3.8, 4) is 5.95 Å². The Bertz CT molecular complexity index is 773. The summed E-state index contributed by atoms with van der Waals surface area (Å²) in [5.41, 5.74) is 4.79. The van der Waals surface area contributed by atoms with E-state index in [0.717, 1.165) is 31.4 Å². The van der Waals surface area contributed by atoms with E-state index in [2.05, 4.69) is 0 Å². The molecular weight excluding hydrogens is 328 g/mol. The van der Waals surface area contributed by atoms with Gasteiger partial charge in [0.2, 0.25) is 0 Å². The number of hydrogen-bond donors (Lipinski definition) is 0. The number of ether oxygens (including phenoxy) is 2. The molecule has 4 heteroatoms. The fraction of sp³-hybridized carbons (Fsp3) is 0.682. The van der Waals surface area contributed by atoms with Gasteiger partial charge in [0.1, 0.15) is 5.76 Å². The van der Waals surface area contributed by atoms with Crippen molar-refractivity contribution in [2.75, 3.05) is 13.7 Å². The predicted octanol–water partition coefficient (Wildman–Crippen LogP) is 4.49. The molecule has 2 aliphatic carbocycles. The lowest BCUT2D eigenvalue weighted by Crippen LogP contribution is -2.35. The topological polar surface area (TPSA) is 48.7 Å². The number of fused-ring (bicyclic) bond motifs is 2. The summed E-state index contributed by atoms with van der Waals surface area (Å²) in [5.74, 6) is 2.17. The normalized spacial score (nSPS) is 28.5. The molecule has 0 N–H and O–H groups in total. The van der Waals surface area contributed by atoms with Gasteiger partial charge in [-0.2, -0.15) is 0 Å². The van der Waals surface area contributed by atoms with Crippen LogP contribution in [-0.4, -0.2) is 19.8 Å². The summed E-state index contributed by atoms with van der Waals surface area (Å²) in [5, 5.41) is 0. The Kier molecular flexibility index (Phi) is 4.96. The lowest BCUT2D eigenvalue weighted by Gasteiger charge is -2.43. The SMILES string of the molecule is COc1oc(C)c(C)c(=O)c1CC1CCCC2=C3CCCOC3CCC21. The molecule has 2 fully saturated rings. The van der Waals surface area contributed by atoms with Gasteiger partial charge in [0.15, 0.2) is 5.43 Å². The highest BCUT2D eigenvalue weighted by Crippen LogP contribution is 2.47. The van der Waals surface area contributed by atoms with E-state index in [9.17, 15) is 4.79 Å². The first-order valence-corrected chi connectivity index (χ1v) is 10.1. The van der Waals surface area contributed by atoms with Gasteiger partial charge in [-0.05, 0) is 82.6 Å². The molecule has 0 spiro atoms. The Hall–Kier alpha value is -1.55. The van der Waals surface area contributed by atoms with Crippen LogP contribution in [0.3, 0.4) is 0 Å². The van der Waals surface area contributed by atoms with Gasteiger partial charge in [-0.1, -0.05) is 5.57 Å². The molecule has 3 atom stereocenters. The molecule has 142 valence electrons. The van der Waals surface area contributed by atoms with Crippen LogP contribution in [0.25, 0.3) is 0 Å². The van der Waals surface area contributed by atoms with E-state index in [1.54, 1.807) is 18.3 Å². The highest BCUT2D eigenvalue weighted by Gasteiger charge is 2.38. The van der Waals surface area contributed by atoms with Gasteiger partial charge in [0.05, 0.1) is 18.8 Å². The minimum atomic E-state index is 0.0973. The third-order valence-electron chi connectivity index (χ3n) is 6.77. The summed E-state index contributed by atoms with van der Waals surface area (Å²) in [4.78, 5) is 12.9. The second-order valence-electron chi connectivity index (χ2n) is 8.14. The number of aryl methyl sites for hydroxylation is 1. The third kappa shape index (κ3) is 3.02. The summed E-state index contributed by atoms with van der Waals surface area (Å²) >= 11 is 0. The number of rotatable bonds is 3. The maximum Gasteiger partial charge on any atom is 0.291 e. The van der Waals surface area contributed by atoms with E-state index in [4.69, 9.17) is 13.9 Å². The third-order valence-corrected chi connectivity index (χ3v) is 6.77. The van der Waals surface area contributed by atoms with Crippen LogP contribution in [0.15, 0.2) is 20.4 Å². The van der Waals surface area contributed by atoms with Gasteiger partial charge in [0.25, 0.3) is 5.95 Å². The van der Waals surface area contributed by atoms with Crippen molar-refractivity contribution in [3.05, 3.63) is 38.3 Å². The van der Waals surface area contributed by atoms with Crippen LogP contribution in [0.1, 0.15) is 61.8 Å². The van der Waals surface area contributed by atoms with Crippen molar-refractivity contribution >= 4 is 0 Å². The molecule has 0 bridgehead atoms. The lowest BCUT2D eigenvalue weighted by atomic mass is 9.65. The molecule has 4 nitrogen and oxygen atoms in total. The van der Waals surface area contributed by atoms with Crippen molar-refractivity contribution in [1.82, 2.24) is 0 Å². The zero-order valence-corrected chi connectivity index (χ0v) is 16.2. The van der Waals surface area contributed by atoms with E-state index in [1.165, 1.54) is 32.1 Å². The molecule has 0 amide bonds. The minimum Gasteiger partial charge on any atom is -0.468 e. The van der Waals surface area contributed by atoms with E-state index >= 15 is 0 Å². The largest absolute Gasteiger partial charge is 0.468 e. The molecule has 26 heavy (non-hydrogen) atoms. The monoisotopic (exact) mass is 358 g/mol. The zero-order valence-electron chi connectivity index (χ0n) is 16.2. The number of allylic oxidation sites excluding steroid dienone is 1. The highest BCUT2D eigenvalue weighted by molar-refractivity contribution is 5.32. The Balaban J connectivity index is 1.66. The van der Waals surface area contributed by atoms with Gasteiger partial charge in [-0.25, -0.2) is 0 Å². The van der Waals surface area contributed by atoms with Gasteiger partial charge in [-0.3, -0.25) is 4.79 Å². The Morgan fingerprint density at radius 2 is 1.88 bits per heavy atom. The van der Waals surface area contributed by atoms with Crippen molar-refractivity contribution < 1.29 is 13.9 Å². The molecule has 1 saturated carbocycles. The molecule has 1 aromatic heterocycles. The lowest BCUT2D eigenvalue weighted by molar-refractivity contribution is 0.0305. The molecular formula is C22H30O4. The smallest absolute Gasteiger partial charge is 0.291 e. The Morgan fingerprint density at radius 1 is 1.08 bits per heavy atom. The van der Waals surface area contributed by atoms with E-state index in [-0.39, 0.29) is 5.43 Å². The first-order chi connectivity index (χ1) is 12.6. The Labute approximate surface area is 155 Å². The fourth-order valence-corrected chi connectivity index (χ4v) is 5.34. The van der Waals surface area contributed by atoms with Crippen LogP contribution in [0.5, 0.6) is 5.95 Å². The van der Waals surface area contributed by atoms with E-state index < -0.39 is 0 Å². The molecule has 1 aromatic rings. The summed E-state index contributed by atoms with van der Waals surface area (Å²) < 4.78 is 17.2. The zero-order chi connectivity index (χ0) is 18.3. The van der Waals surface area contributed by atoms with Gasteiger partial charge in [-0.15, -0.1) is 0 Å². The molecule has 0 radical (unpaired) electrons. The van der Waals surface area contributed by atoms with Crippen LogP contribution in [0, 0.1) is 25.7 Å². The first-order valence-electron chi connectivity index (χ1n) is 10.1. The molecule has 2 heterocycles. The second kappa shape index (κ2) is 7.22. The van der Waals surface area contributed by atoms with Gasteiger partial charge >= 0.3 is 0 Å². The molecule has 0 aromatic carbocycles. The van der Waals surface area contributed by atoms with E-state index in [1.807, 2.05) is 13.8 Å². The van der Waals surface area contributed by atoms with Gasteiger partial charge < -0.3 is 13.9 Å². The van der Waals surface area contributed by atoms with Crippen LogP contribution in [0.2, 0.25) is 0 Å². The predicted molar refractivity (Wildman–Crippen MR) is 101 cm³/mol. The maximum atomic E-state index is 12.9. The van der Waals surface area contributed by atoms with Crippen LogP contribution >= 0.6 is 0 Å². The molecule has 1 aliphatic heterocycles. The standard InChI is InChI=1S/C22H30O4/c1-13-14(2)26-22(24-3)19(21(13)23)12-15-6-4-7-17-16(15)9-10-20-18(17)8-5-11-25-20/h15-16,20H,4-12H2,1-3H3. The molecule has 1 saturated heterocycles. The Morgan fingerprint density at radius 3 is 2.69 bits per heavy atom. The average Bonchev–Trinajstić information content (AvgIpc) is 2.68. The fourth-order valence-electron chi connectivity index (χ4n) is 5.34. The second-order valence-corrected chi connectivity index (χ2v) is 8.14.